The Morgan fingerprint density at radius 3 is 2.31 bits per heavy atom. The number of benzene rings is 2. The molecule has 3 amide bonds. The lowest BCUT2D eigenvalue weighted by atomic mass is 10.1. The molecule has 4 aromatic rings. The van der Waals surface area contributed by atoms with E-state index in [0.717, 1.165) is 5.56 Å². The van der Waals surface area contributed by atoms with Crippen LogP contribution in [0.3, 0.4) is 0 Å². The van der Waals surface area contributed by atoms with Crippen LogP contribution in [-0.2, 0) is 6.54 Å². The zero-order valence-electron chi connectivity index (χ0n) is 16.8. The zero-order valence-corrected chi connectivity index (χ0v) is 17.6. The number of hydrogen-bond donors (Lipinski definition) is 3. The molecule has 0 aliphatic carbocycles. The molecule has 7 nitrogen and oxygen atoms in total. The SMILES string of the molecule is O=C(Nc1ccc(CNC(=O)c2ccccc2NC(=O)c2cccs2)cc1)c1ccco1. The average molecular weight is 446 g/mol. The minimum Gasteiger partial charge on any atom is -0.459 e. The minimum absolute atomic E-state index is 0.228. The Hall–Kier alpha value is -4.17. The Morgan fingerprint density at radius 2 is 1.59 bits per heavy atom. The van der Waals surface area contributed by atoms with Crippen LogP contribution in [-0.4, -0.2) is 17.7 Å². The largest absolute Gasteiger partial charge is 0.459 e. The number of carbonyl (C=O) groups excluding carboxylic acids is 3. The van der Waals surface area contributed by atoms with Crippen LogP contribution < -0.4 is 16.0 Å². The Kier molecular flexibility index (Phi) is 6.43. The van der Waals surface area contributed by atoms with E-state index in [4.69, 9.17) is 4.42 Å². The van der Waals surface area contributed by atoms with Crippen molar-refractivity contribution >= 4 is 40.4 Å². The Labute approximate surface area is 188 Å². The molecule has 0 unspecified atom stereocenters. The first-order chi connectivity index (χ1) is 15.6. The summed E-state index contributed by atoms with van der Waals surface area (Å²) in [7, 11) is 0. The maximum Gasteiger partial charge on any atom is 0.291 e. The molecule has 2 heterocycles. The molecule has 0 radical (unpaired) electrons. The summed E-state index contributed by atoms with van der Waals surface area (Å²) < 4.78 is 5.07. The summed E-state index contributed by atoms with van der Waals surface area (Å²) in [6.07, 6.45) is 1.44. The fourth-order valence-corrected chi connectivity index (χ4v) is 3.58. The third kappa shape index (κ3) is 5.11. The molecule has 0 bridgehead atoms. The third-order valence-electron chi connectivity index (χ3n) is 4.57. The summed E-state index contributed by atoms with van der Waals surface area (Å²) in [5.41, 5.74) is 2.29. The quantitative estimate of drug-likeness (QED) is 0.381. The molecule has 0 aliphatic heterocycles. The second-order valence-electron chi connectivity index (χ2n) is 6.79. The number of thiophene rings is 1. The van der Waals surface area contributed by atoms with E-state index in [1.54, 1.807) is 60.7 Å². The standard InChI is InChI=1S/C24H19N3O4S/c28-22(18-5-1-2-6-19(18)27-24(30)21-8-4-14-32-21)25-15-16-9-11-17(12-10-16)26-23(29)20-7-3-13-31-20/h1-14H,15H2,(H,25,28)(H,26,29)(H,27,30). The topological polar surface area (TPSA) is 100 Å². The molecule has 8 heteroatoms. The van der Waals surface area contributed by atoms with Gasteiger partial charge in [0, 0.05) is 12.2 Å². The van der Waals surface area contributed by atoms with Gasteiger partial charge in [0.1, 0.15) is 0 Å². The van der Waals surface area contributed by atoms with Gasteiger partial charge >= 0.3 is 0 Å². The van der Waals surface area contributed by atoms with Crippen molar-refractivity contribution in [3.8, 4) is 0 Å². The van der Waals surface area contributed by atoms with Crippen LogP contribution in [0.15, 0.2) is 88.9 Å². The van der Waals surface area contributed by atoms with Crippen molar-refractivity contribution in [1.29, 1.82) is 0 Å². The van der Waals surface area contributed by atoms with E-state index in [1.165, 1.54) is 17.6 Å². The maximum atomic E-state index is 12.7. The number of furan rings is 1. The molecule has 0 saturated heterocycles. The van der Waals surface area contributed by atoms with Crippen molar-refractivity contribution in [2.24, 2.45) is 0 Å². The van der Waals surface area contributed by atoms with Crippen LogP contribution in [0.5, 0.6) is 0 Å². The zero-order chi connectivity index (χ0) is 22.3. The lowest BCUT2D eigenvalue weighted by molar-refractivity contribution is 0.0950. The van der Waals surface area contributed by atoms with Crippen LogP contribution in [0.4, 0.5) is 11.4 Å². The third-order valence-corrected chi connectivity index (χ3v) is 5.44. The van der Waals surface area contributed by atoms with Gasteiger partial charge in [0.25, 0.3) is 17.7 Å². The van der Waals surface area contributed by atoms with Gasteiger partial charge < -0.3 is 20.4 Å². The summed E-state index contributed by atoms with van der Waals surface area (Å²) in [4.78, 5) is 37.7. The average Bonchev–Trinajstić information content (AvgIpc) is 3.53. The van der Waals surface area contributed by atoms with Gasteiger partial charge in [0.05, 0.1) is 22.4 Å². The first-order valence-corrected chi connectivity index (χ1v) is 10.6. The van der Waals surface area contributed by atoms with Gasteiger partial charge in [0.15, 0.2) is 5.76 Å². The highest BCUT2D eigenvalue weighted by Crippen LogP contribution is 2.18. The normalized spacial score (nSPS) is 10.4. The minimum atomic E-state index is -0.336. The number of anilines is 2. The Morgan fingerprint density at radius 1 is 0.781 bits per heavy atom. The smallest absolute Gasteiger partial charge is 0.291 e. The van der Waals surface area contributed by atoms with E-state index < -0.39 is 0 Å². The molecule has 32 heavy (non-hydrogen) atoms. The molecule has 0 fully saturated rings. The number of nitrogens with one attached hydrogen (secondary N) is 3. The monoisotopic (exact) mass is 445 g/mol. The summed E-state index contributed by atoms with van der Waals surface area (Å²) in [6, 6.07) is 20.7. The molecule has 2 aromatic heterocycles. The van der Waals surface area contributed by atoms with E-state index in [1.807, 2.05) is 17.5 Å². The predicted octanol–water partition coefficient (Wildman–Crippen LogP) is 4.78. The van der Waals surface area contributed by atoms with Crippen molar-refractivity contribution in [2.75, 3.05) is 10.6 Å². The molecule has 160 valence electrons. The van der Waals surface area contributed by atoms with Crippen LogP contribution in [0.2, 0.25) is 0 Å². The Bertz CT molecular complexity index is 1220. The van der Waals surface area contributed by atoms with Gasteiger partial charge in [-0.25, -0.2) is 0 Å². The molecule has 0 spiro atoms. The molecule has 0 saturated carbocycles. The highest BCUT2D eigenvalue weighted by Gasteiger charge is 2.14. The number of rotatable bonds is 7. The van der Waals surface area contributed by atoms with E-state index in [2.05, 4.69) is 16.0 Å². The molecule has 0 atom stereocenters. The fraction of sp³-hybridized carbons (Fsp3) is 0.0417. The van der Waals surface area contributed by atoms with Crippen molar-refractivity contribution in [1.82, 2.24) is 5.32 Å². The van der Waals surface area contributed by atoms with E-state index in [9.17, 15) is 14.4 Å². The lowest BCUT2D eigenvalue weighted by Crippen LogP contribution is -2.24. The molecule has 2 aromatic carbocycles. The molecular formula is C24H19N3O4S. The number of para-hydroxylation sites is 1. The second-order valence-corrected chi connectivity index (χ2v) is 7.74. The van der Waals surface area contributed by atoms with Crippen molar-refractivity contribution in [2.45, 2.75) is 6.54 Å². The van der Waals surface area contributed by atoms with Gasteiger partial charge in [-0.15, -0.1) is 11.3 Å². The summed E-state index contributed by atoms with van der Waals surface area (Å²) in [6.45, 7) is 0.290. The van der Waals surface area contributed by atoms with Crippen molar-refractivity contribution in [3.63, 3.8) is 0 Å². The number of amides is 3. The molecule has 0 aliphatic rings. The summed E-state index contributed by atoms with van der Waals surface area (Å²) in [5.74, 6) is -0.668. The summed E-state index contributed by atoms with van der Waals surface area (Å²) >= 11 is 1.33. The first-order valence-electron chi connectivity index (χ1n) is 9.76. The molecular weight excluding hydrogens is 426 g/mol. The van der Waals surface area contributed by atoms with Gasteiger partial charge in [-0.3, -0.25) is 14.4 Å². The highest BCUT2D eigenvalue weighted by atomic mass is 32.1. The van der Waals surface area contributed by atoms with Gasteiger partial charge in [0.2, 0.25) is 0 Å². The summed E-state index contributed by atoms with van der Waals surface area (Å²) in [5, 5.41) is 10.2. The van der Waals surface area contributed by atoms with E-state index in [0.29, 0.717) is 28.4 Å². The molecule has 3 N–H and O–H groups in total. The second kappa shape index (κ2) is 9.76. The van der Waals surface area contributed by atoms with Crippen molar-refractivity contribution < 1.29 is 18.8 Å². The fourth-order valence-electron chi connectivity index (χ4n) is 2.97. The van der Waals surface area contributed by atoms with Gasteiger partial charge in [-0.1, -0.05) is 30.3 Å². The first kappa shape index (κ1) is 21.1. The van der Waals surface area contributed by atoms with Crippen LogP contribution in [0.1, 0.15) is 36.1 Å². The van der Waals surface area contributed by atoms with Crippen LogP contribution >= 0.6 is 11.3 Å². The van der Waals surface area contributed by atoms with E-state index >= 15 is 0 Å². The van der Waals surface area contributed by atoms with Crippen LogP contribution in [0, 0.1) is 0 Å². The Balaban J connectivity index is 1.36. The predicted molar refractivity (Wildman–Crippen MR) is 123 cm³/mol. The van der Waals surface area contributed by atoms with Crippen LogP contribution in [0.25, 0.3) is 0 Å². The van der Waals surface area contributed by atoms with Gasteiger partial charge in [-0.2, -0.15) is 0 Å². The van der Waals surface area contributed by atoms with Crippen molar-refractivity contribution in [3.05, 3.63) is 106 Å². The number of carbonyl (C=O) groups is 3. The maximum absolute atomic E-state index is 12.7. The van der Waals surface area contributed by atoms with Gasteiger partial charge in [-0.05, 0) is 53.4 Å². The van der Waals surface area contributed by atoms with E-state index in [-0.39, 0.29) is 23.5 Å². The lowest BCUT2D eigenvalue weighted by Gasteiger charge is -2.11. The number of hydrogen-bond acceptors (Lipinski definition) is 5. The molecule has 4 rings (SSSR count). The highest BCUT2D eigenvalue weighted by molar-refractivity contribution is 7.12.